The van der Waals surface area contributed by atoms with Gasteiger partial charge in [0.2, 0.25) is 11.8 Å². The van der Waals surface area contributed by atoms with Crippen LogP contribution in [0.4, 0.5) is 0 Å². The molecular weight excluding hydrogens is 354 g/mol. The molecule has 1 aliphatic rings. The molecule has 2 amide bonds. The van der Waals surface area contributed by atoms with E-state index in [0.717, 1.165) is 36.3 Å². The van der Waals surface area contributed by atoms with Crippen LogP contribution in [0.1, 0.15) is 30.4 Å². The van der Waals surface area contributed by atoms with Crippen molar-refractivity contribution in [1.29, 1.82) is 0 Å². The van der Waals surface area contributed by atoms with Crippen LogP contribution in [0.15, 0.2) is 48.8 Å². The number of carbonyl (C=O) groups is 2. The predicted octanol–water partition coefficient (Wildman–Crippen LogP) is 2.58. The topological polar surface area (TPSA) is 71.5 Å². The summed E-state index contributed by atoms with van der Waals surface area (Å²) in [6.45, 7) is 1.92. The molecule has 1 unspecified atom stereocenters. The molecule has 1 aliphatic heterocycles. The summed E-state index contributed by atoms with van der Waals surface area (Å²) < 4.78 is 5.15. The van der Waals surface area contributed by atoms with Gasteiger partial charge in [0.1, 0.15) is 5.75 Å². The minimum Gasteiger partial charge on any atom is -0.497 e. The molecule has 1 saturated heterocycles. The van der Waals surface area contributed by atoms with Gasteiger partial charge in [-0.25, -0.2) is 0 Å². The summed E-state index contributed by atoms with van der Waals surface area (Å²) in [5.74, 6) is 1.26. The number of ether oxygens (including phenoxy) is 1. The second kappa shape index (κ2) is 9.88. The van der Waals surface area contributed by atoms with Gasteiger partial charge in [-0.3, -0.25) is 14.6 Å². The van der Waals surface area contributed by atoms with Crippen molar-refractivity contribution >= 4 is 11.8 Å². The lowest BCUT2D eigenvalue weighted by molar-refractivity contribution is -0.130. The summed E-state index contributed by atoms with van der Waals surface area (Å²) in [5.41, 5.74) is 2.16. The van der Waals surface area contributed by atoms with Crippen LogP contribution in [0.5, 0.6) is 5.75 Å². The fourth-order valence-corrected chi connectivity index (χ4v) is 3.46. The van der Waals surface area contributed by atoms with Gasteiger partial charge in [-0.1, -0.05) is 12.1 Å². The Morgan fingerprint density at radius 1 is 1.14 bits per heavy atom. The maximum atomic E-state index is 12.5. The average molecular weight is 381 g/mol. The standard InChI is InChI=1S/C22H27N3O3/c1-28-20-5-2-17(3-6-20)4-7-22(27)25-13-10-19(16-25)14-21(26)24-15-18-8-11-23-12-9-18/h2-3,5-6,8-9,11-12,19H,4,7,10,13-16H2,1H3,(H,24,26). The quantitative estimate of drug-likeness (QED) is 0.763. The summed E-state index contributed by atoms with van der Waals surface area (Å²) in [4.78, 5) is 30.5. The van der Waals surface area contributed by atoms with E-state index in [2.05, 4.69) is 10.3 Å². The minimum atomic E-state index is 0.0364. The van der Waals surface area contributed by atoms with Gasteiger partial charge in [-0.2, -0.15) is 0 Å². The SMILES string of the molecule is COc1ccc(CCC(=O)N2CCC(CC(=O)NCc3ccncc3)C2)cc1. The summed E-state index contributed by atoms with van der Waals surface area (Å²) in [5, 5.41) is 2.95. The third kappa shape index (κ3) is 5.81. The zero-order chi connectivity index (χ0) is 19.8. The number of amides is 2. The highest BCUT2D eigenvalue weighted by atomic mass is 16.5. The lowest BCUT2D eigenvalue weighted by Gasteiger charge is -2.16. The Balaban J connectivity index is 1.37. The van der Waals surface area contributed by atoms with Crippen molar-refractivity contribution in [2.75, 3.05) is 20.2 Å². The van der Waals surface area contributed by atoms with Gasteiger partial charge in [0, 0.05) is 44.9 Å². The van der Waals surface area contributed by atoms with E-state index in [4.69, 9.17) is 4.74 Å². The lowest BCUT2D eigenvalue weighted by Crippen LogP contribution is -2.30. The first-order chi connectivity index (χ1) is 13.6. The Labute approximate surface area is 165 Å². The maximum absolute atomic E-state index is 12.5. The van der Waals surface area contributed by atoms with E-state index in [0.29, 0.717) is 25.9 Å². The van der Waals surface area contributed by atoms with Crippen LogP contribution < -0.4 is 10.1 Å². The number of carbonyl (C=O) groups excluding carboxylic acids is 2. The molecule has 6 nitrogen and oxygen atoms in total. The number of nitrogens with one attached hydrogen (secondary N) is 1. The molecule has 0 bridgehead atoms. The molecule has 3 rings (SSSR count). The second-order valence-corrected chi connectivity index (χ2v) is 7.18. The fraction of sp³-hybridized carbons (Fsp3) is 0.409. The molecule has 0 saturated carbocycles. The van der Waals surface area contributed by atoms with E-state index in [-0.39, 0.29) is 17.7 Å². The van der Waals surface area contributed by atoms with E-state index in [9.17, 15) is 9.59 Å². The minimum absolute atomic E-state index is 0.0364. The van der Waals surface area contributed by atoms with Gasteiger partial charge in [-0.05, 0) is 54.2 Å². The van der Waals surface area contributed by atoms with Gasteiger partial charge in [0.05, 0.1) is 7.11 Å². The number of benzene rings is 1. The molecule has 6 heteroatoms. The molecule has 0 spiro atoms. The Morgan fingerprint density at radius 3 is 2.61 bits per heavy atom. The summed E-state index contributed by atoms with van der Waals surface area (Å²) in [6, 6.07) is 11.6. The van der Waals surface area contributed by atoms with Crippen molar-refractivity contribution in [3.05, 3.63) is 59.9 Å². The fourth-order valence-electron chi connectivity index (χ4n) is 3.46. The van der Waals surface area contributed by atoms with Gasteiger partial charge in [-0.15, -0.1) is 0 Å². The Morgan fingerprint density at radius 2 is 1.89 bits per heavy atom. The third-order valence-corrected chi connectivity index (χ3v) is 5.14. The average Bonchev–Trinajstić information content (AvgIpc) is 3.20. The third-order valence-electron chi connectivity index (χ3n) is 5.14. The van der Waals surface area contributed by atoms with Crippen LogP contribution >= 0.6 is 0 Å². The van der Waals surface area contributed by atoms with Crippen LogP contribution in [0.2, 0.25) is 0 Å². The van der Waals surface area contributed by atoms with Gasteiger partial charge >= 0.3 is 0 Å². The largest absolute Gasteiger partial charge is 0.497 e. The van der Waals surface area contributed by atoms with Crippen molar-refractivity contribution < 1.29 is 14.3 Å². The predicted molar refractivity (Wildman–Crippen MR) is 107 cm³/mol. The summed E-state index contributed by atoms with van der Waals surface area (Å²) in [6.07, 6.45) is 6.00. The number of methoxy groups -OCH3 is 1. The Kier molecular flexibility index (Phi) is 7.00. The molecule has 28 heavy (non-hydrogen) atoms. The molecule has 1 atom stereocenters. The maximum Gasteiger partial charge on any atom is 0.222 e. The molecule has 1 aromatic heterocycles. The van der Waals surface area contributed by atoms with Crippen LogP contribution in [-0.2, 0) is 22.6 Å². The van der Waals surface area contributed by atoms with E-state index in [1.165, 1.54) is 0 Å². The number of nitrogens with zero attached hydrogens (tertiary/aromatic N) is 2. The van der Waals surface area contributed by atoms with E-state index in [1.54, 1.807) is 19.5 Å². The molecule has 0 aliphatic carbocycles. The molecule has 0 radical (unpaired) electrons. The molecule has 1 fully saturated rings. The van der Waals surface area contributed by atoms with Crippen molar-refractivity contribution in [1.82, 2.24) is 15.2 Å². The lowest BCUT2D eigenvalue weighted by atomic mass is 10.0. The Hall–Kier alpha value is -2.89. The van der Waals surface area contributed by atoms with Crippen LogP contribution in [0.25, 0.3) is 0 Å². The number of aryl methyl sites for hydroxylation is 1. The van der Waals surface area contributed by atoms with E-state index < -0.39 is 0 Å². The zero-order valence-corrected chi connectivity index (χ0v) is 16.3. The number of pyridine rings is 1. The van der Waals surface area contributed by atoms with Crippen LogP contribution in [0.3, 0.4) is 0 Å². The molecular formula is C22H27N3O3. The first kappa shape index (κ1) is 19.9. The highest BCUT2D eigenvalue weighted by molar-refractivity contribution is 5.78. The summed E-state index contributed by atoms with van der Waals surface area (Å²) in [7, 11) is 1.64. The number of aromatic nitrogens is 1. The number of likely N-dealkylation sites (tertiary alicyclic amines) is 1. The van der Waals surface area contributed by atoms with Gasteiger partial charge in [0.25, 0.3) is 0 Å². The molecule has 2 heterocycles. The number of rotatable bonds is 8. The normalized spacial score (nSPS) is 16.0. The molecule has 2 aromatic rings. The molecule has 1 N–H and O–H groups in total. The van der Waals surface area contributed by atoms with Gasteiger partial charge < -0.3 is 15.0 Å². The zero-order valence-electron chi connectivity index (χ0n) is 16.3. The van der Waals surface area contributed by atoms with E-state index >= 15 is 0 Å². The van der Waals surface area contributed by atoms with Crippen molar-refractivity contribution in [2.45, 2.75) is 32.2 Å². The van der Waals surface area contributed by atoms with Crippen molar-refractivity contribution in [3.63, 3.8) is 0 Å². The highest BCUT2D eigenvalue weighted by Crippen LogP contribution is 2.21. The van der Waals surface area contributed by atoms with Crippen molar-refractivity contribution in [2.24, 2.45) is 5.92 Å². The monoisotopic (exact) mass is 381 g/mol. The number of hydrogen-bond donors (Lipinski definition) is 1. The smallest absolute Gasteiger partial charge is 0.222 e. The van der Waals surface area contributed by atoms with Crippen LogP contribution in [-0.4, -0.2) is 41.9 Å². The Bertz CT molecular complexity index is 777. The molecule has 148 valence electrons. The first-order valence-corrected chi connectivity index (χ1v) is 9.70. The van der Waals surface area contributed by atoms with Crippen LogP contribution in [0, 0.1) is 5.92 Å². The summed E-state index contributed by atoms with van der Waals surface area (Å²) >= 11 is 0. The van der Waals surface area contributed by atoms with E-state index in [1.807, 2.05) is 41.3 Å². The molecule has 1 aromatic carbocycles. The second-order valence-electron chi connectivity index (χ2n) is 7.18. The first-order valence-electron chi connectivity index (χ1n) is 9.70. The highest BCUT2D eigenvalue weighted by Gasteiger charge is 2.27. The number of hydrogen-bond acceptors (Lipinski definition) is 4. The van der Waals surface area contributed by atoms with Gasteiger partial charge in [0.15, 0.2) is 0 Å². The van der Waals surface area contributed by atoms with Crippen molar-refractivity contribution in [3.8, 4) is 5.75 Å².